The molecule has 2 aromatic rings. The van der Waals surface area contributed by atoms with Crippen LogP contribution in [0.15, 0.2) is 36.5 Å². The molecule has 1 N–H and O–H groups in total. The van der Waals surface area contributed by atoms with Crippen LogP contribution in [0.25, 0.3) is 11.4 Å². The lowest BCUT2D eigenvalue weighted by Gasteiger charge is -2.12. The molecule has 0 aliphatic carbocycles. The highest BCUT2D eigenvalue weighted by Crippen LogP contribution is 2.27. The van der Waals surface area contributed by atoms with Crippen molar-refractivity contribution in [2.24, 2.45) is 5.92 Å². The topological polar surface area (TPSA) is 96.1 Å². The van der Waals surface area contributed by atoms with Crippen LogP contribution >= 0.6 is 0 Å². The maximum atomic E-state index is 11.0. The minimum absolute atomic E-state index is 0.0803. The molecular formula is C16H15N3O3. The first-order valence-electron chi connectivity index (χ1n) is 6.83. The Hall–Kier alpha value is -2.94. The van der Waals surface area contributed by atoms with Crippen LogP contribution < -0.4 is 4.74 Å². The molecule has 1 aromatic carbocycles. The van der Waals surface area contributed by atoms with Gasteiger partial charge in [0.1, 0.15) is 12.4 Å². The zero-order valence-electron chi connectivity index (χ0n) is 12.1. The maximum Gasteiger partial charge on any atom is 0.354 e. The lowest BCUT2D eigenvalue weighted by atomic mass is 10.1. The van der Waals surface area contributed by atoms with E-state index in [1.165, 1.54) is 12.3 Å². The molecule has 0 amide bonds. The van der Waals surface area contributed by atoms with Crippen molar-refractivity contribution in [3.63, 3.8) is 0 Å². The van der Waals surface area contributed by atoms with E-state index >= 15 is 0 Å². The number of carbonyl (C=O) groups is 1. The zero-order chi connectivity index (χ0) is 15.9. The number of hydrogen-bond acceptors (Lipinski definition) is 5. The molecule has 0 saturated carbocycles. The van der Waals surface area contributed by atoms with Gasteiger partial charge < -0.3 is 9.84 Å². The van der Waals surface area contributed by atoms with Gasteiger partial charge in [0.25, 0.3) is 0 Å². The van der Waals surface area contributed by atoms with Crippen molar-refractivity contribution < 1.29 is 14.6 Å². The molecule has 0 bridgehead atoms. The molecule has 0 aliphatic rings. The second-order valence-electron chi connectivity index (χ2n) is 4.61. The van der Waals surface area contributed by atoms with Crippen LogP contribution in [0.5, 0.6) is 5.75 Å². The van der Waals surface area contributed by atoms with Crippen molar-refractivity contribution in [2.45, 2.75) is 13.3 Å². The quantitative estimate of drug-likeness (QED) is 0.880. The van der Waals surface area contributed by atoms with Crippen LogP contribution in [0, 0.1) is 17.2 Å². The van der Waals surface area contributed by atoms with Gasteiger partial charge in [-0.25, -0.2) is 14.8 Å². The molecule has 1 unspecified atom stereocenters. The summed E-state index contributed by atoms with van der Waals surface area (Å²) in [6.07, 6.45) is 2.09. The van der Waals surface area contributed by atoms with E-state index in [1.54, 1.807) is 24.3 Å². The number of rotatable bonds is 6. The number of para-hydroxylation sites is 1. The van der Waals surface area contributed by atoms with E-state index in [2.05, 4.69) is 16.0 Å². The molecule has 2 rings (SSSR count). The van der Waals surface area contributed by atoms with Crippen LogP contribution in [-0.2, 0) is 0 Å². The molecule has 0 saturated heterocycles. The Balaban J connectivity index is 2.30. The first kappa shape index (κ1) is 15.4. The smallest absolute Gasteiger partial charge is 0.354 e. The number of aromatic carboxylic acids is 1. The highest BCUT2D eigenvalue weighted by Gasteiger charge is 2.13. The van der Waals surface area contributed by atoms with Crippen LogP contribution in [0.1, 0.15) is 23.8 Å². The van der Waals surface area contributed by atoms with E-state index in [0.717, 1.165) is 0 Å². The van der Waals surface area contributed by atoms with Crippen LogP contribution in [0.3, 0.4) is 0 Å². The number of carboxylic acid groups (broad SMARTS) is 1. The fourth-order valence-corrected chi connectivity index (χ4v) is 1.82. The van der Waals surface area contributed by atoms with Gasteiger partial charge in [0.2, 0.25) is 0 Å². The Kier molecular flexibility index (Phi) is 5.04. The van der Waals surface area contributed by atoms with Gasteiger partial charge in [-0.3, -0.25) is 0 Å². The van der Waals surface area contributed by atoms with Crippen LogP contribution in [-0.4, -0.2) is 27.7 Å². The predicted molar refractivity (Wildman–Crippen MR) is 79.3 cm³/mol. The number of hydrogen-bond donors (Lipinski definition) is 1. The molecule has 0 spiro atoms. The highest BCUT2D eigenvalue weighted by molar-refractivity contribution is 5.85. The molecule has 0 fully saturated rings. The molecule has 22 heavy (non-hydrogen) atoms. The molecule has 112 valence electrons. The number of aromatic nitrogens is 2. The third-order valence-electron chi connectivity index (χ3n) is 3.12. The summed E-state index contributed by atoms with van der Waals surface area (Å²) in [6.45, 7) is 2.19. The molecule has 0 aliphatic heterocycles. The van der Waals surface area contributed by atoms with Gasteiger partial charge in [-0.1, -0.05) is 19.1 Å². The lowest BCUT2D eigenvalue weighted by molar-refractivity contribution is 0.0690. The third-order valence-corrected chi connectivity index (χ3v) is 3.12. The fourth-order valence-electron chi connectivity index (χ4n) is 1.82. The average Bonchev–Trinajstić information content (AvgIpc) is 2.56. The highest BCUT2D eigenvalue weighted by atomic mass is 16.5. The summed E-state index contributed by atoms with van der Waals surface area (Å²) in [7, 11) is 0. The van der Waals surface area contributed by atoms with Gasteiger partial charge in [-0.15, -0.1) is 0 Å². The lowest BCUT2D eigenvalue weighted by Crippen LogP contribution is -2.10. The Morgan fingerprint density at radius 1 is 1.41 bits per heavy atom. The van der Waals surface area contributed by atoms with Gasteiger partial charge in [0.05, 0.1) is 17.6 Å². The first-order chi connectivity index (χ1) is 10.7. The monoisotopic (exact) mass is 297 g/mol. The van der Waals surface area contributed by atoms with E-state index in [-0.39, 0.29) is 24.0 Å². The second-order valence-corrected chi connectivity index (χ2v) is 4.61. The Morgan fingerprint density at radius 2 is 2.18 bits per heavy atom. The number of ether oxygens (including phenoxy) is 1. The van der Waals surface area contributed by atoms with E-state index in [1.807, 2.05) is 6.92 Å². The SMILES string of the molecule is CCC(C#N)COc1ccccc1-c1nccc(C(=O)O)n1. The van der Waals surface area contributed by atoms with Crippen LogP contribution in [0.4, 0.5) is 0 Å². The number of benzene rings is 1. The predicted octanol–water partition coefficient (Wildman–Crippen LogP) is 2.77. The Bertz CT molecular complexity index is 710. The van der Waals surface area contributed by atoms with Gasteiger partial charge >= 0.3 is 5.97 Å². The summed E-state index contributed by atoms with van der Waals surface area (Å²) in [4.78, 5) is 19.1. The van der Waals surface area contributed by atoms with Crippen molar-refractivity contribution >= 4 is 5.97 Å². The number of nitriles is 1. The molecular weight excluding hydrogens is 282 g/mol. The molecule has 6 nitrogen and oxygen atoms in total. The van der Waals surface area contributed by atoms with Crippen molar-refractivity contribution in [3.05, 3.63) is 42.2 Å². The van der Waals surface area contributed by atoms with E-state index < -0.39 is 5.97 Å². The van der Waals surface area contributed by atoms with Gasteiger partial charge in [-0.2, -0.15) is 5.26 Å². The summed E-state index contributed by atoms with van der Waals surface area (Å²) in [5.74, 6) is -0.504. The second kappa shape index (κ2) is 7.18. The maximum absolute atomic E-state index is 11.0. The van der Waals surface area contributed by atoms with Crippen molar-refractivity contribution in [1.82, 2.24) is 9.97 Å². The molecule has 1 heterocycles. The minimum atomic E-state index is -1.11. The van der Waals surface area contributed by atoms with Crippen molar-refractivity contribution in [2.75, 3.05) is 6.61 Å². The third kappa shape index (κ3) is 3.58. The molecule has 6 heteroatoms. The first-order valence-corrected chi connectivity index (χ1v) is 6.83. The Labute approximate surface area is 128 Å². The summed E-state index contributed by atoms with van der Waals surface area (Å²) in [5.41, 5.74) is 0.515. The summed E-state index contributed by atoms with van der Waals surface area (Å²) in [5, 5.41) is 18.0. The standard InChI is InChI=1S/C16H15N3O3/c1-2-11(9-17)10-22-14-6-4-3-5-12(14)15-18-8-7-13(19-15)16(20)21/h3-8,11H,2,10H2,1H3,(H,20,21). The summed E-state index contributed by atoms with van der Waals surface area (Å²) < 4.78 is 5.69. The Morgan fingerprint density at radius 3 is 2.86 bits per heavy atom. The normalized spacial score (nSPS) is 11.5. The molecule has 1 aromatic heterocycles. The van der Waals surface area contributed by atoms with Gasteiger partial charge in [0, 0.05) is 6.20 Å². The van der Waals surface area contributed by atoms with Crippen LogP contribution in [0.2, 0.25) is 0 Å². The van der Waals surface area contributed by atoms with Gasteiger partial charge in [0.15, 0.2) is 11.5 Å². The largest absolute Gasteiger partial charge is 0.491 e. The van der Waals surface area contributed by atoms with Crippen molar-refractivity contribution in [1.29, 1.82) is 5.26 Å². The zero-order valence-corrected chi connectivity index (χ0v) is 12.1. The van der Waals surface area contributed by atoms with E-state index in [4.69, 9.17) is 15.1 Å². The molecule has 1 atom stereocenters. The van der Waals surface area contributed by atoms with E-state index in [9.17, 15) is 4.79 Å². The average molecular weight is 297 g/mol. The number of nitrogens with zero attached hydrogens (tertiary/aromatic N) is 3. The van der Waals surface area contributed by atoms with E-state index in [0.29, 0.717) is 17.7 Å². The molecule has 0 radical (unpaired) electrons. The fraction of sp³-hybridized carbons (Fsp3) is 0.250. The summed E-state index contributed by atoms with van der Waals surface area (Å²) >= 11 is 0. The summed E-state index contributed by atoms with van der Waals surface area (Å²) in [6, 6.07) is 10.6. The van der Waals surface area contributed by atoms with Crippen molar-refractivity contribution in [3.8, 4) is 23.2 Å². The van der Waals surface area contributed by atoms with Gasteiger partial charge in [-0.05, 0) is 24.6 Å². The minimum Gasteiger partial charge on any atom is -0.491 e. The number of carboxylic acids is 1.